The average Bonchev–Trinajstić information content (AvgIpc) is 2.84. The van der Waals surface area contributed by atoms with Crippen LogP contribution in [0.3, 0.4) is 0 Å². The summed E-state index contributed by atoms with van der Waals surface area (Å²) in [4.78, 5) is 10.3. The summed E-state index contributed by atoms with van der Waals surface area (Å²) in [5.41, 5.74) is 0.479. The van der Waals surface area contributed by atoms with Crippen LogP contribution >= 0.6 is 15.9 Å². The molecule has 0 aliphatic heterocycles. The summed E-state index contributed by atoms with van der Waals surface area (Å²) in [5.74, 6) is 0.705. The van der Waals surface area contributed by atoms with E-state index in [4.69, 9.17) is 4.42 Å². The highest BCUT2D eigenvalue weighted by atomic mass is 79.9. The molecule has 100 valence electrons. The highest BCUT2D eigenvalue weighted by Crippen LogP contribution is 2.27. The van der Waals surface area contributed by atoms with Crippen LogP contribution in [0.5, 0.6) is 0 Å². The lowest BCUT2D eigenvalue weighted by Crippen LogP contribution is -2.11. The maximum atomic E-state index is 10.8. The molecule has 2 rings (SSSR count). The zero-order valence-electron chi connectivity index (χ0n) is 10.1. The molecule has 0 radical (unpaired) electrons. The minimum atomic E-state index is -0.468. The number of non-ortho nitro benzene ring substituents is 1. The van der Waals surface area contributed by atoms with Crippen molar-refractivity contribution < 1.29 is 9.34 Å². The normalized spacial score (nSPS) is 10.6. The Morgan fingerprint density at radius 1 is 1.42 bits per heavy atom. The molecule has 0 unspecified atom stereocenters. The van der Waals surface area contributed by atoms with Crippen molar-refractivity contribution in [2.24, 2.45) is 0 Å². The molecule has 0 saturated carbocycles. The number of nitro benzene ring substituents is 1. The zero-order valence-corrected chi connectivity index (χ0v) is 11.7. The first-order valence-electron chi connectivity index (χ1n) is 5.58. The Balaban J connectivity index is 2.30. The first kappa shape index (κ1) is 13.6. The molecule has 19 heavy (non-hydrogen) atoms. The number of hydrogen-bond donors (Lipinski definition) is 1. The predicted molar refractivity (Wildman–Crippen MR) is 71.5 cm³/mol. The van der Waals surface area contributed by atoms with E-state index in [2.05, 4.69) is 31.4 Å². The van der Waals surface area contributed by atoms with Gasteiger partial charge in [-0.1, -0.05) is 22.9 Å². The topological polar surface area (TPSA) is 94.1 Å². The van der Waals surface area contributed by atoms with Crippen LogP contribution in [0.1, 0.15) is 12.8 Å². The molecule has 0 atom stereocenters. The lowest BCUT2D eigenvalue weighted by atomic mass is 10.2. The number of benzene rings is 1. The van der Waals surface area contributed by atoms with E-state index in [0.717, 1.165) is 6.54 Å². The molecule has 1 aromatic heterocycles. The molecule has 0 spiro atoms. The predicted octanol–water partition coefficient (Wildman–Crippen LogP) is 2.52. The van der Waals surface area contributed by atoms with Gasteiger partial charge >= 0.3 is 0 Å². The third-order valence-electron chi connectivity index (χ3n) is 2.33. The highest BCUT2D eigenvalue weighted by molar-refractivity contribution is 9.10. The lowest BCUT2D eigenvalue weighted by molar-refractivity contribution is -0.384. The Bertz CT molecular complexity index is 599. The second kappa shape index (κ2) is 5.89. The fourth-order valence-corrected chi connectivity index (χ4v) is 1.96. The summed E-state index contributed by atoms with van der Waals surface area (Å²) in [6, 6.07) is 4.51. The van der Waals surface area contributed by atoms with Gasteiger partial charge in [0.2, 0.25) is 11.8 Å². The standard InChI is InChI=1S/C11H11BrN4O3/c1-2-13-6-10-14-15-11(19-10)7-3-8(12)5-9(4-7)16(17)18/h3-5,13H,2,6H2,1H3. The van der Waals surface area contributed by atoms with Gasteiger partial charge in [-0.15, -0.1) is 10.2 Å². The van der Waals surface area contributed by atoms with Crippen molar-refractivity contribution in [2.75, 3.05) is 6.54 Å². The molecule has 1 aromatic carbocycles. The number of aromatic nitrogens is 2. The third-order valence-corrected chi connectivity index (χ3v) is 2.79. The lowest BCUT2D eigenvalue weighted by Gasteiger charge is -1.98. The van der Waals surface area contributed by atoms with Gasteiger partial charge in [0.05, 0.1) is 11.5 Å². The molecule has 0 bridgehead atoms. The van der Waals surface area contributed by atoms with Crippen molar-refractivity contribution in [2.45, 2.75) is 13.5 Å². The summed E-state index contributed by atoms with van der Waals surface area (Å²) in [6.07, 6.45) is 0. The van der Waals surface area contributed by atoms with Crippen LogP contribution in [0.15, 0.2) is 27.1 Å². The van der Waals surface area contributed by atoms with Crippen LogP contribution in [0.2, 0.25) is 0 Å². The number of nitro groups is 1. The van der Waals surface area contributed by atoms with Crippen molar-refractivity contribution in [1.29, 1.82) is 0 Å². The van der Waals surface area contributed by atoms with Gasteiger partial charge < -0.3 is 9.73 Å². The van der Waals surface area contributed by atoms with Gasteiger partial charge in [-0.2, -0.15) is 0 Å². The monoisotopic (exact) mass is 326 g/mol. The number of nitrogens with one attached hydrogen (secondary N) is 1. The fourth-order valence-electron chi connectivity index (χ4n) is 1.48. The molecule has 0 aliphatic rings. The molecule has 0 amide bonds. The molecule has 1 heterocycles. The first-order valence-corrected chi connectivity index (χ1v) is 6.38. The summed E-state index contributed by atoms with van der Waals surface area (Å²) >= 11 is 3.22. The Morgan fingerprint density at radius 2 is 2.21 bits per heavy atom. The summed E-state index contributed by atoms with van der Waals surface area (Å²) < 4.78 is 6.02. The molecule has 1 N–H and O–H groups in total. The number of rotatable bonds is 5. The second-order valence-corrected chi connectivity index (χ2v) is 4.65. The molecule has 0 aliphatic carbocycles. The fraction of sp³-hybridized carbons (Fsp3) is 0.273. The maximum absolute atomic E-state index is 10.8. The van der Waals surface area contributed by atoms with E-state index < -0.39 is 4.92 Å². The van der Waals surface area contributed by atoms with Gasteiger partial charge in [-0.05, 0) is 12.6 Å². The smallest absolute Gasteiger partial charge is 0.271 e. The van der Waals surface area contributed by atoms with Crippen LogP contribution < -0.4 is 5.32 Å². The minimum Gasteiger partial charge on any atom is -0.419 e. The van der Waals surface area contributed by atoms with Gasteiger partial charge in [-0.25, -0.2) is 0 Å². The largest absolute Gasteiger partial charge is 0.419 e. The van der Waals surface area contributed by atoms with Gasteiger partial charge in [-0.3, -0.25) is 10.1 Å². The van der Waals surface area contributed by atoms with E-state index >= 15 is 0 Å². The van der Waals surface area contributed by atoms with Crippen molar-refractivity contribution >= 4 is 21.6 Å². The number of halogens is 1. The van der Waals surface area contributed by atoms with Crippen LogP contribution in [0, 0.1) is 10.1 Å². The Morgan fingerprint density at radius 3 is 2.89 bits per heavy atom. The van der Waals surface area contributed by atoms with Crippen molar-refractivity contribution in [3.8, 4) is 11.5 Å². The van der Waals surface area contributed by atoms with Crippen molar-refractivity contribution in [3.05, 3.63) is 38.7 Å². The summed E-state index contributed by atoms with van der Waals surface area (Å²) in [7, 11) is 0. The maximum Gasteiger partial charge on any atom is 0.271 e. The van der Waals surface area contributed by atoms with Crippen LogP contribution in [0.25, 0.3) is 11.5 Å². The van der Waals surface area contributed by atoms with Crippen molar-refractivity contribution in [3.63, 3.8) is 0 Å². The van der Waals surface area contributed by atoms with Gasteiger partial charge in [0.15, 0.2) is 0 Å². The van der Waals surface area contributed by atoms with Crippen LogP contribution in [-0.2, 0) is 6.54 Å². The van der Waals surface area contributed by atoms with E-state index in [0.29, 0.717) is 22.5 Å². The Kier molecular flexibility index (Phi) is 4.23. The van der Waals surface area contributed by atoms with E-state index in [1.807, 2.05) is 6.92 Å². The average molecular weight is 327 g/mol. The van der Waals surface area contributed by atoms with E-state index in [1.54, 1.807) is 6.07 Å². The zero-order chi connectivity index (χ0) is 13.8. The highest BCUT2D eigenvalue weighted by Gasteiger charge is 2.14. The van der Waals surface area contributed by atoms with E-state index in [1.165, 1.54) is 12.1 Å². The van der Waals surface area contributed by atoms with E-state index in [-0.39, 0.29) is 11.6 Å². The molecule has 0 fully saturated rings. The quantitative estimate of drug-likeness (QED) is 0.670. The molecular weight excluding hydrogens is 316 g/mol. The minimum absolute atomic E-state index is 0.0317. The van der Waals surface area contributed by atoms with Gasteiger partial charge in [0.1, 0.15) is 0 Å². The SMILES string of the molecule is CCNCc1nnc(-c2cc(Br)cc([N+](=O)[O-])c2)o1. The van der Waals surface area contributed by atoms with Crippen LogP contribution in [-0.4, -0.2) is 21.7 Å². The molecular formula is C11H11BrN4O3. The number of nitrogens with zero attached hydrogens (tertiary/aromatic N) is 3. The molecule has 0 saturated heterocycles. The van der Waals surface area contributed by atoms with Crippen molar-refractivity contribution in [1.82, 2.24) is 15.5 Å². The van der Waals surface area contributed by atoms with Gasteiger partial charge in [0.25, 0.3) is 5.69 Å². The third kappa shape index (κ3) is 3.36. The number of hydrogen-bond acceptors (Lipinski definition) is 6. The Labute approximate surface area is 117 Å². The molecule has 2 aromatic rings. The van der Waals surface area contributed by atoms with Gasteiger partial charge in [0, 0.05) is 22.2 Å². The summed E-state index contributed by atoms with van der Waals surface area (Å²) in [5, 5.41) is 21.6. The molecule has 8 heteroatoms. The van der Waals surface area contributed by atoms with E-state index in [9.17, 15) is 10.1 Å². The Hall–Kier alpha value is -1.80. The first-order chi connectivity index (χ1) is 9.10. The van der Waals surface area contributed by atoms with Crippen LogP contribution in [0.4, 0.5) is 5.69 Å². The summed E-state index contributed by atoms with van der Waals surface area (Å²) in [6.45, 7) is 3.23. The second-order valence-electron chi connectivity index (χ2n) is 3.74. The molecule has 7 nitrogen and oxygen atoms in total.